The largest absolute Gasteiger partial charge is 0.497 e. The molecule has 3 rings (SSSR count). The highest BCUT2D eigenvalue weighted by molar-refractivity contribution is 5.97. The zero-order valence-electron chi connectivity index (χ0n) is 16.5. The number of nitrogens with two attached hydrogens (primary N) is 1. The first-order valence-electron chi connectivity index (χ1n) is 9.28. The maximum Gasteiger partial charge on any atom is 0.120 e. The molecule has 0 aliphatic heterocycles. The highest BCUT2D eigenvalue weighted by Crippen LogP contribution is 2.33. The van der Waals surface area contributed by atoms with E-state index in [2.05, 4.69) is 23.2 Å². The second-order valence-electron chi connectivity index (χ2n) is 6.76. The number of benzene rings is 2. The fourth-order valence-corrected chi connectivity index (χ4v) is 3.34. The standard InChI is InChI=1S/C23H26N4O/c1-4-17(13-22(24)25)26-15(2)12-20-19-11-10-18(28-3)14-21(19)27-23(20)16-8-6-5-7-9-16/h4-11,14,27H,12-13H2,1-3H3,(H3,24,25)/b17-4-,26-15?. The highest BCUT2D eigenvalue weighted by atomic mass is 16.5. The van der Waals surface area contributed by atoms with Crippen LogP contribution in [0.1, 0.15) is 25.8 Å². The Hall–Kier alpha value is -3.34. The van der Waals surface area contributed by atoms with E-state index in [1.165, 1.54) is 5.56 Å². The van der Waals surface area contributed by atoms with Crippen molar-refractivity contribution in [2.24, 2.45) is 10.7 Å². The number of fused-ring (bicyclic) bond motifs is 1. The fourth-order valence-electron chi connectivity index (χ4n) is 3.34. The Morgan fingerprint density at radius 1 is 1.21 bits per heavy atom. The molecule has 4 N–H and O–H groups in total. The minimum atomic E-state index is 0.119. The average molecular weight is 374 g/mol. The molecule has 0 radical (unpaired) electrons. The van der Waals surface area contributed by atoms with Gasteiger partial charge in [-0.2, -0.15) is 0 Å². The summed E-state index contributed by atoms with van der Waals surface area (Å²) in [5, 5.41) is 8.67. The lowest BCUT2D eigenvalue weighted by atomic mass is 10.0. The first-order chi connectivity index (χ1) is 13.5. The Morgan fingerprint density at radius 3 is 2.61 bits per heavy atom. The molecule has 28 heavy (non-hydrogen) atoms. The van der Waals surface area contributed by atoms with Crippen LogP contribution in [0.5, 0.6) is 5.75 Å². The number of H-pyrrole nitrogens is 1. The Kier molecular flexibility index (Phi) is 5.94. The molecule has 0 bridgehead atoms. The molecule has 2 aromatic carbocycles. The molecular formula is C23H26N4O. The van der Waals surface area contributed by atoms with Crippen molar-refractivity contribution in [3.63, 3.8) is 0 Å². The van der Waals surface area contributed by atoms with Crippen molar-refractivity contribution in [1.29, 1.82) is 5.41 Å². The maximum atomic E-state index is 7.51. The molecule has 5 heteroatoms. The van der Waals surface area contributed by atoms with Gasteiger partial charge in [0.2, 0.25) is 0 Å². The van der Waals surface area contributed by atoms with E-state index >= 15 is 0 Å². The molecule has 0 fully saturated rings. The maximum absolute atomic E-state index is 7.51. The lowest BCUT2D eigenvalue weighted by molar-refractivity contribution is 0.415. The summed E-state index contributed by atoms with van der Waals surface area (Å²) in [6.07, 6.45) is 2.97. The van der Waals surface area contributed by atoms with Gasteiger partial charge in [0, 0.05) is 41.2 Å². The number of aromatic nitrogens is 1. The molecular weight excluding hydrogens is 348 g/mol. The van der Waals surface area contributed by atoms with Crippen molar-refractivity contribution in [2.75, 3.05) is 7.11 Å². The number of methoxy groups -OCH3 is 1. The zero-order chi connectivity index (χ0) is 20.1. The molecule has 0 saturated carbocycles. The van der Waals surface area contributed by atoms with E-state index in [4.69, 9.17) is 20.9 Å². The van der Waals surface area contributed by atoms with Gasteiger partial charge in [-0.15, -0.1) is 0 Å². The molecule has 0 spiro atoms. The molecule has 3 aromatic rings. The van der Waals surface area contributed by atoms with Gasteiger partial charge in [-0.25, -0.2) is 0 Å². The number of allylic oxidation sites excluding steroid dienone is 1. The molecule has 5 nitrogen and oxygen atoms in total. The molecule has 144 valence electrons. The van der Waals surface area contributed by atoms with Crippen molar-refractivity contribution in [3.05, 3.63) is 65.9 Å². The number of amidine groups is 1. The number of aliphatic imine (C=N–C) groups is 1. The third-order valence-electron chi connectivity index (χ3n) is 4.65. The van der Waals surface area contributed by atoms with Crippen LogP contribution in [-0.2, 0) is 6.42 Å². The van der Waals surface area contributed by atoms with Crippen LogP contribution in [0.3, 0.4) is 0 Å². The van der Waals surface area contributed by atoms with E-state index < -0.39 is 0 Å². The van der Waals surface area contributed by atoms with Crippen molar-refractivity contribution in [2.45, 2.75) is 26.7 Å². The Bertz CT molecular complexity index is 1050. The first-order valence-corrected chi connectivity index (χ1v) is 9.28. The highest BCUT2D eigenvalue weighted by Gasteiger charge is 2.15. The van der Waals surface area contributed by atoms with E-state index in [1.807, 2.05) is 50.3 Å². The zero-order valence-corrected chi connectivity index (χ0v) is 16.5. The monoisotopic (exact) mass is 374 g/mol. The molecule has 1 aromatic heterocycles. The fraction of sp³-hybridized carbons (Fsp3) is 0.217. The van der Waals surface area contributed by atoms with Crippen LogP contribution in [0.25, 0.3) is 22.2 Å². The summed E-state index contributed by atoms with van der Waals surface area (Å²) in [5.41, 5.74) is 11.8. The van der Waals surface area contributed by atoms with E-state index in [-0.39, 0.29) is 5.84 Å². The number of ether oxygens (including phenoxy) is 1. The summed E-state index contributed by atoms with van der Waals surface area (Å²) < 4.78 is 5.38. The number of hydrogen-bond donors (Lipinski definition) is 3. The quantitative estimate of drug-likeness (QED) is 0.398. The van der Waals surface area contributed by atoms with E-state index in [1.54, 1.807) is 7.11 Å². The number of aromatic amines is 1. The Balaban J connectivity index is 2.06. The third kappa shape index (κ3) is 4.31. The smallest absolute Gasteiger partial charge is 0.120 e. The number of hydrogen-bond acceptors (Lipinski definition) is 3. The van der Waals surface area contributed by atoms with E-state index in [0.29, 0.717) is 12.8 Å². The van der Waals surface area contributed by atoms with Crippen LogP contribution in [0, 0.1) is 5.41 Å². The third-order valence-corrected chi connectivity index (χ3v) is 4.65. The molecule has 0 atom stereocenters. The summed E-state index contributed by atoms with van der Waals surface area (Å²) in [7, 11) is 1.67. The van der Waals surface area contributed by atoms with Crippen molar-refractivity contribution >= 4 is 22.5 Å². The van der Waals surface area contributed by atoms with Crippen LogP contribution < -0.4 is 10.5 Å². The van der Waals surface area contributed by atoms with Gasteiger partial charge in [-0.3, -0.25) is 10.4 Å². The van der Waals surface area contributed by atoms with Gasteiger partial charge in [-0.1, -0.05) is 36.4 Å². The number of rotatable bonds is 7. The topological polar surface area (TPSA) is 87.3 Å². The van der Waals surface area contributed by atoms with Gasteiger partial charge < -0.3 is 15.5 Å². The Labute approximate surface area is 165 Å². The van der Waals surface area contributed by atoms with Gasteiger partial charge >= 0.3 is 0 Å². The van der Waals surface area contributed by atoms with Gasteiger partial charge in [-0.05, 0) is 37.1 Å². The molecule has 0 aliphatic rings. The number of nitrogens with zero attached hydrogens (tertiary/aromatic N) is 1. The predicted octanol–water partition coefficient (Wildman–Crippen LogP) is 5.08. The summed E-state index contributed by atoms with van der Waals surface area (Å²) in [6, 6.07) is 16.4. The second kappa shape index (κ2) is 8.57. The summed E-state index contributed by atoms with van der Waals surface area (Å²) in [6.45, 7) is 3.93. The number of nitrogens with one attached hydrogen (secondary N) is 2. The second-order valence-corrected chi connectivity index (χ2v) is 6.76. The Morgan fingerprint density at radius 2 is 1.96 bits per heavy atom. The minimum absolute atomic E-state index is 0.119. The SMILES string of the molecule is C/C=C(/CC(=N)N)N=C(C)Cc1c(-c2ccccc2)[nH]c2cc(OC)ccc12. The summed E-state index contributed by atoms with van der Waals surface area (Å²) >= 11 is 0. The first kappa shape index (κ1) is 19.4. The molecule has 0 aliphatic carbocycles. The van der Waals surface area contributed by atoms with Crippen LogP contribution in [0.15, 0.2) is 65.3 Å². The van der Waals surface area contributed by atoms with Gasteiger partial charge in [0.15, 0.2) is 0 Å². The summed E-state index contributed by atoms with van der Waals surface area (Å²) in [5.74, 6) is 0.941. The van der Waals surface area contributed by atoms with Gasteiger partial charge in [0.25, 0.3) is 0 Å². The minimum Gasteiger partial charge on any atom is -0.497 e. The normalized spacial score (nSPS) is 12.4. The lowest BCUT2D eigenvalue weighted by Gasteiger charge is -2.07. The van der Waals surface area contributed by atoms with Crippen LogP contribution in [0.4, 0.5) is 0 Å². The van der Waals surface area contributed by atoms with E-state index in [9.17, 15) is 0 Å². The van der Waals surface area contributed by atoms with Crippen LogP contribution >= 0.6 is 0 Å². The molecule has 0 amide bonds. The molecule has 1 heterocycles. The predicted molar refractivity (Wildman–Crippen MR) is 117 cm³/mol. The van der Waals surface area contributed by atoms with E-state index in [0.717, 1.165) is 39.3 Å². The van der Waals surface area contributed by atoms with Gasteiger partial charge in [0.1, 0.15) is 5.75 Å². The van der Waals surface area contributed by atoms with Crippen molar-refractivity contribution in [3.8, 4) is 17.0 Å². The average Bonchev–Trinajstić information content (AvgIpc) is 3.05. The summed E-state index contributed by atoms with van der Waals surface area (Å²) in [4.78, 5) is 8.26. The van der Waals surface area contributed by atoms with Crippen LogP contribution in [-0.4, -0.2) is 23.6 Å². The van der Waals surface area contributed by atoms with Crippen molar-refractivity contribution < 1.29 is 4.74 Å². The van der Waals surface area contributed by atoms with Gasteiger partial charge in [0.05, 0.1) is 18.6 Å². The van der Waals surface area contributed by atoms with Crippen LogP contribution in [0.2, 0.25) is 0 Å². The molecule has 0 unspecified atom stereocenters. The molecule has 0 saturated heterocycles. The van der Waals surface area contributed by atoms with Crippen molar-refractivity contribution in [1.82, 2.24) is 4.98 Å². The lowest BCUT2D eigenvalue weighted by Crippen LogP contribution is -2.10.